The molecule has 0 radical (unpaired) electrons. The molecule has 2 aliphatic rings. The maximum absolute atomic E-state index is 4.33. The summed E-state index contributed by atoms with van der Waals surface area (Å²) in [5.74, 6) is 1.72. The van der Waals surface area contributed by atoms with Crippen LogP contribution in [0.25, 0.3) is 0 Å². The molecule has 3 heterocycles. The van der Waals surface area contributed by atoms with Gasteiger partial charge in [-0.25, -0.2) is 0 Å². The van der Waals surface area contributed by atoms with Crippen molar-refractivity contribution in [3.8, 4) is 0 Å². The molecule has 1 aromatic rings. The fraction of sp³-hybridized carbons (Fsp3) is 0.769. The summed E-state index contributed by atoms with van der Waals surface area (Å²) >= 11 is 0. The van der Waals surface area contributed by atoms with Crippen molar-refractivity contribution in [1.29, 1.82) is 0 Å². The van der Waals surface area contributed by atoms with E-state index >= 15 is 0 Å². The molecule has 94 valence electrons. The van der Waals surface area contributed by atoms with E-state index in [0.29, 0.717) is 6.04 Å². The monoisotopic (exact) mass is 234 g/mol. The Morgan fingerprint density at radius 3 is 2.94 bits per heavy atom. The highest BCUT2D eigenvalue weighted by atomic mass is 15.3. The normalized spacial score (nSPS) is 33.2. The number of likely N-dealkylation sites (tertiary alicyclic amines) is 1. The molecular formula is C13H22N4. The number of nitrogens with zero attached hydrogens (tertiary/aromatic N) is 3. The van der Waals surface area contributed by atoms with Gasteiger partial charge in [-0.3, -0.25) is 9.58 Å². The number of aromatic nitrogens is 2. The fourth-order valence-corrected chi connectivity index (χ4v) is 3.38. The quantitative estimate of drug-likeness (QED) is 0.820. The van der Waals surface area contributed by atoms with E-state index in [4.69, 9.17) is 0 Å². The fourth-order valence-electron chi connectivity index (χ4n) is 3.38. The Morgan fingerprint density at radius 2 is 2.29 bits per heavy atom. The molecule has 4 nitrogen and oxygen atoms in total. The van der Waals surface area contributed by atoms with E-state index < -0.39 is 0 Å². The molecule has 0 bridgehead atoms. The molecule has 3 atom stereocenters. The number of rotatable bonds is 2. The van der Waals surface area contributed by atoms with Crippen LogP contribution >= 0.6 is 0 Å². The lowest BCUT2D eigenvalue weighted by molar-refractivity contribution is 0.231. The second kappa shape index (κ2) is 4.10. The molecule has 2 aliphatic heterocycles. The van der Waals surface area contributed by atoms with Gasteiger partial charge in [0.15, 0.2) is 0 Å². The van der Waals surface area contributed by atoms with Gasteiger partial charge in [-0.05, 0) is 38.8 Å². The van der Waals surface area contributed by atoms with Gasteiger partial charge in [-0.2, -0.15) is 5.10 Å². The lowest BCUT2D eigenvalue weighted by atomic mass is 9.95. The van der Waals surface area contributed by atoms with Crippen LogP contribution in [0.2, 0.25) is 0 Å². The molecule has 0 saturated carbocycles. The third-order valence-corrected chi connectivity index (χ3v) is 4.77. The molecule has 0 amide bonds. The topological polar surface area (TPSA) is 33.1 Å². The van der Waals surface area contributed by atoms with Gasteiger partial charge in [-0.1, -0.05) is 0 Å². The Bertz CT molecular complexity index is 412. The van der Waals surface area contributed by atoms with Crippen molar-refractivity contribution in [1.82, 2.24) is 20.0 Å². The van der Waals surface area contributed by atoms with Crippen LogP contribution in [0, 0.1) is 18.8 Å². The van der Waals surface area contributed by atoms with E-state index in [0.717, 1.165) is 18.4 Å². The first-order valence-corrected chi connectivity index (χ1v) is 6.59. The molecule has 0 aromatic carbocycles. The lowest BCUT2D eigenvalue weighted by Crippen LogP contribution is -2.32. The molecular weight excluding hydrogens is 212 g/mol. The molecule has 0 aliphatic carbocycles. The van der Waals surface area contributed by atoms with Crippen LogP contribution in [-0.4, -0.2) is 40.4 Å². The van der Waals surface area contributed by atoms with E-state index in [1.165, 1.54) is 30.9 Å². The summed E-state index contributed by atoms with van der Waals surface area (Å²) in [5, 5.41) is 7.84. The second-order valence-electron chi connectivity index (χ2n) is 5.63. The zero-order valence-corrected chi connectivity index (χ0v) is 11.0. The summed E-state index contributed by atoms with van der Waals surface area (Å²) in [6.45, 7) is 9.25. The zero-order chi connectivity index (χ0) is 12.0. The van der Waals surface area contributed by atoms with Crippen molar-refractivity contribution in [2.24, 2.45) is 18.9 Å². The zero-order valence-electron chi connectivity index (χ0n) is 11.0. The third kappa shape index (κ3) is 1.79. The van der Waals surface area contributed by atoms with Crippen LogP contribution in [-0.2, 0) is 13.6 Å². The lowest BCUT2D eigenvalue weighted by Gasteiger charge is -2.24. The van der Waals surface area contributed by atoms with Crippen molar-refractivity contribution in [3.05, 3.63) is 17.5 Å². The summed E-state index contributed by atoms with van der Waals surface area (Å²) in [6, 6.07) is 0.703. The van der Waals surface area contributed by atoms with Gasteiger partial charge >= 0.3 is 0 Å². The standard InChI is InChI=1S/C13H22N4/c1-9-11(5-15-16(9)3)7-17-8-12-4-14-6-13(12)10(17)2/h5,10,12-14H,4,6-8H2,1-3H3. The highest BCUT2D eigenvalue weighted by molar-refractivity contribution is 5.16. The second-order valence-corrected chi connectivity index (χ2v) is 5.63. The number of fused-ring (bicyclic) bond motifs is 1. The number of hydrogen-bond donors (Lipinski definition) is 1. The minimum atomic E-state index is 0.703. The van der Waals surface area contributed by atoms with Gasteiger partial charge in [0.05, 0.1) is 6.20 Å². The molecule has 2 saturated heterocycles. The minimum absolute atomic E-state index is 0.703. The first-order chi connectivity index (χ1) is 8.16. The van der Waals surface area contributed by atoms with Gasteiger partial charge in [0, 0.05) is 37.4 Å². The van der Waals surface area contributed by atoms with Crippen molar-refractivity contribution >= 4 is 0 Å². The highest BCUT2D eigenvalue weighted by Gasteiger charge is 2.41. The summed E-state index contributed by atoms with van der Waals surface area (Å²) in [7, 11) is 2.02. The molecule has 1 aromatic heterocycles. The van der Waals surface area contributed by atoms with Gasteiger partial charge < -0.3 is 5.32 Å². The predicted molar refractivity (Wildman–Crippen MR) is 67.7 cm³/mol. The Morgan fingerprint density at radius 1 is 1.47 bits per heavy atom. The van der Waals surface area contributed by atoms with Crippen LogP contribution in [0.5, 0.6) is 0 Å². The number of nitrogens with one attached hydrogen (secondary N) is 1. The molecule has 2 fully saturated rings. The highest BCUT2D eigenvalue weighted by Crippen LogP contribution is 2.33. The molecule has 3 rings (SSSR count). The Kier molecular flexibility index (Phi) is 2.71. The van der Waals surface area contributed by atoms with Crippen LogP contribution in [0.4, 0.5) is 0 Å². The Hall–Kier alpha value is -0.870. The van der Waals surface area contributed by atoms with Crippen molar-refractivity contribution in [3.63, 3.8) is 0 Å². The van der Waals surface area contributed by atoms with Crippen LogP contribution in [0.3, 0.4) is 0 Å². The van der Waals surface area contributed by atoms with E-state index in [2.05, 4.69) is 29.2 Å². The van der Waals surface area contributed by atoms with E-state index in [1.807, 2.05) is 17.9 Å². The number of hydrogen-bond acceptors (Lipinski definition) is 3. The SMILES string of the molecule is Cc1c(CN2CC3CNCC3C2C)cnn1C. The van der Waals surface area contributed by atoms with Gasteiger partial charge in [-0.15, -0.1) is 0 Å². The van der Waals surface area contributed by atoms with Crippen molar-refractivity contribution in [2.45, 2.75) is 26.4 Å². The van der Waals surface area contributed by atoms with Crippen LogP contribution in [0.15, 0.2) is 6.20 Å². The van der Waals surface area contributed by atoms with Crippen LogP contribution in [0.1, 0.15) is 18.2 Å². The van der Waals surface area contributed by atoms with Crippen molar-refractivity contribution in [2.75, 3.05) is 19.6 Å². The Labute approximate surface area is 103 Å². The van der Waals surface area contributed by atoms with Gasteiger partial charge in [0.1, 0.15) is 0 Å². The first-order valence-electron chi connectivity index (χ1n) is 6.59. The maximum Gasteiger partial charge on any atom is 0.0537 e. The molecule has 3 unspecified atom stereocenters. The van der Waals surface area contributed by atoms with E-state index in [1.54, 1.807) is 0 Å². The molecule has 1 N–H and O–H groups in total. The van der Waals surface area contributed by atoms with Gasteiger partial charge in [0.25, 0.3) is 0 Å². The largest absolute Gasteiger partial charge is 0.316 e. The van der Waals surface area contributed by atoms with E-state index in [-0.39, 0.29) is 0 Å². The predicted octanol–water partition coefficient (Wildman–Crippen LogP) is 0.768. The van der Waals surface area contributed by atoms with Crippen LogP contribution < -0.4 is 5.32 Å². The van der Waals surface area contributed by atoms with E-state index in [9.17, 15) is 0 Å². The average molecular weight is 234 g/mol. The molecule has 4 heteroatoms. The van der Waals surface area contributed by atoms with Crippen molar-refractivity contribution < 1.29 is 0 Å². The average Bonchev–Trinajstić information content (AvgIpc) is 2.95. The summed E-state index contributed by atoms with van der Waals surface area (Å²) in [4.78, 5) is 2.63. The smallest absolute Gasteiger partial charge is 0.0537 e. The summed E-state index contributed by atoms with van der Waals surface area (Å²) in [6.07, 6.45) is 2.02. The Balaban J connectivity index is 1.72. The molecule has 0 spiro atoms. The van der Waals surface area contributed by atoms with Gasteiger partial charge in [0.2, 0.25) is 0 Å². The maximum atomic E-state index is 4.33. The minimum Gasteiger partial charge on any atom is -0.316 e. The molecule has 17 heavy (non-hydrogen) atoms. The summed E-state index contributed by atoms with van der Waals surface area (Å²) < 4.78 is 1.97. The summed E-state index contributed by atoms with van der Waals surface area (Å²) in [5.41, 5.74) is 2.68. The number of aryl methyl sites for hydroxylation is 1. The first kappa shape index (κ1) is 11.2. The third-order valence-electron chi connectivity index (χ3n) is 4.77.